The Morgan fingerprint density at radius 2 is 1.72 bits per heavy atom. The summed E-state index contributed by atoms with van der Waals surface area (Å²) in [5.41, 5.74) is 2.62. The first kappa shape index (κ1) is 21.8. The molecule has 1 aromatic heterocycles. The predicted molar refractivity (Wildman–Crippen MR) is 129 cm³/mol. The molecule has 1 aliphatic rings. The SMILES string of the molecule is CCN(CC)c1c(C(=O)/C=C/c2ccc(N3CCOCC3)cc2)c(=O)oc2ccccc12. The van der Waals surface area contributed by atoms with Crippen LogP contribution in [0.4, 0.5) is 11.4 Å². The summed E-state index contributed by atoms with van der Waals surface area (Å²) in [6, 6.07) is 15.4. The quantitative estimate of drug-likeness (QED) is 0.314. The van der Waals surface area contributed by atoms with Crippen molar-refractivity contribution in [1.29, 1.82) is 0 Å². The standard InChI is InChI=1S/C26H28N2O4/c1-3-27(4-2)25-21-7-5-6-8-23(21)32-26(30)24(25)22(29)14-11-19-9-12-20(13-10-19)28-15-17-31-18-16-28/h5-14H,3-4,15-18H2,1-2H3/b14-11+. The van der Waals surface area contributed by atoms with Crippen LogP contribution in [0.2, 0.25) is 0 Å². The number of carbonyl (C=O) groups excluding carboxylic acids is 1. The lowest BCUT2D eigenvalue weighted by atomic mass is 10.0. The van der Waals surface area contributed by atoms with Crippen molar-refractivity contribution >= 4 is 34.2 Å². The summed E-state index contributed by atoms with van der Waals surface area (Å²) >= 11 is 0. The molecule has 0 aliphatic carbocycles. The average molecular weight is 433 g/mol. The molecule has 0 bridgehead atoms. The molecule has 0 spiro atoms. The first-order valence-electron chi connectivity index (χ1n) is 11.1. The molecule has 1 saturated heterocycles. The summed E-state index contributed by atoms with van der Waals surface area (Å²) < 4.78 is 10.9. The van der Waals surface area contributed by atoms with E-state index in [4.69, 9.17) is 9.15 Å². The normalized spacial score (nSPS) is 14.2. The van der Waals surface area contributed by atoms with E-state index in [1.54, 1.807) is 12.1 Å². The van der Waals surface area contributed by atoms with Gasteiger partial charge in [0.2, 0.25) is 0 Å². The van der Waals surface area contributed by atoms with Gasteiger partial charge < -0.3 is 19.0 Å². The summed E-state index contributed by atoms with van der Waals surface area (Å²) in [6.07, 6.45) is 3.20. The van der Waals surface area contributed by atoms with E-state index in [2.05, 4.69) is 4.90 Å². The second-order valence-electron chi connectivity index (χ2n) is 7.67. The molecule has 32 heavy (non-hydrogen) atoms. The molecule has 166 valence electrons. The highest BCUT2D eigenvalue weighted by Gasteiger charge is 2.22. The van der Waals surface area contributed by atoms with Crippen LogP contribution in [0.15, 0.2) is 63.8 Å². The smallest absolute Gasteiger partial charge is 0.349 e. The molecule has 4 rings (SSSR count). The predicted octanol–water partition coefficient (Wildman–Crippen LogP) is 4.37. The van der Waals surface area contributed by atoms with Gasteiger partial charge in [-0.05, 0) is 49.8 Å². The van der Waals surface area contributed by atoms with E-state index in [0.29, 0.717) is 24.4 Å². The Balaban J connectivity index is 1.65. The van der Waals surface area contributed by atoms with Crippen molar-refractivity contribution in [2.24, 2.45) is 0 Å². The number of hydrogen-bond donors (Lipinski definition) is 0. The Morgan fingerprint density at radius 1 is 1.03 bits per heavy atom. The van der Waals surface area contributed by atoms with E-state index in [1.165, 1.54) is 6.08 Å². The molecule has 0 atom stereocenters. The Labute approximate surface area is 187 Å². The van der Waals surface area contributed by atoms with Gasteiger partial charge in [-0.25, -0.2) is 4.79 Å². The third-order valence-corrected chi connectivity index (χ3v) is 5.81. The molecule has 6 nitrogen and oxygen atoms in total. The summed E-state index contributed by atoms with van der Waals surface area (Å²) in [6.45, 7) is 8.59. The number of ketones is 1. The molecular formula is C26H28N2O4. The van der Waals surface area contributed by atoms with Crippen molar-refractivity contribution in [3.05, 3.63) is 76.2 Å². The second kappa shape index (κ2) is 9.83. The Bertz CT molecular complexity index is 1170. The van der Waals surface area contributed by atoms with Crippen molar-refractivity contribution in [2.45, 2.75) is 13.8 Å². The summed E-state index contributed by atoms with van der Waals surface area (Å²) in [7, 11) is 0. The van der Waals surface area contributed by atoms with Crippen LogP contribution >= 0.6 is 0 Å². The van der Waals surface area contributed by atoms with Crippen molar-refractivity contribution in [2.75, 3.05) is 49.2 Å². The number of benzene rings is 2. The van der Waals surface area contributed by atoms with Crippen molar-refractivity contribution in [1.82, 2.24) is 0 Å². The maximum absolute atomic E-state index is 13.2. The lowest BCUT2D eigenvalue weighted by molar-refractivity contribution is 0.104. The van der Waals surface area contributed by atoms with E-state index < -0.39 is 5.63 Å². The third kappa shape index (κ3) is 4.46. The number of nitrogens with zero attached hydrogens (tertiary/aromatic N) is 2. The fourth-order valence-electron chi connectivity index (χ4n) is 4.09. The topological polar surface area (TPSA) is 63.0 Å². The van der Waals surface area contributed by atoms with E-state index in [0.717, 1.165) is 42.9 Å². The number of rotatable bonds is 7. The first-order valence-corrected chi connectivity index (χ1v) is 11.1. The number of carbonyl (C=O) groups is 1. The Hall–Kier alpha value is -3.38. The van der Waals surface area contributed by atoms with Crippen LogP contribution in [-0.4, -0.2) is 45.2 Å². The number of ether oxygens (including phenoxy) is 1. The summed E-state index contributed by atoms with van der Waals surface area (Å²) in [5.74, 6) is -0.358. The van der Waals surface area contributed by atoms with Crippen LogP contribution in [0.5, 0.6) is 0 Å². The van der Waals surface area contributed by atoms with Crippen LogP contribution in [-0.2, 0) is 4.74 Å². The molecule has 2 heterocycles. The number of allylic oxidation sites excluding steroid dienone is 1. The highest BCUT2D eigenvalue weighted by Crippen LogP contribution is 2.29. The van der Waals surface area contributed by atoms with Crippen LogP contribution < -0.4 is 15.4 Å². The van der Waals surface area contributed by atoms with Crippen molar-refractivity contribution in [3.63, 3.8) is 0 Å². The first-order chi connectivity index (χ1) is 15.6. The van der Waals surface area contributed by atoms with E-state index in [9.17, 15) is 9.59 Å². The summed E-state index contributed by atoms with van der Waals surface area (Å²) in [4.78, 5) is 30.3. The number of fused-ring (bicyclic) bond motifs is 1. The van der Waals surface area contributed by atoms with Gasteiger partial charge in [0.25, 0.3) is 0 Å². The van der Waals surface area contributed by atoms with Gasteiger partial charge >= 0.3 is 5.63 Å². The fourth-order valence-corrected chi connectivity index (χ4v) is 4.09. The lowest BCUT2D eigenvalue weighted by Gasteiger charge is -2.28. The minimum atomic E-state index is -0.608. The second-order valence-corrected chi connectivity index (χ2v) is 7.67. The minimum absolute atomic E-state index is 0.0774. The zero-order valence-corrected chi connectivity index (χ0v) is 18.5. The molecule has 1 fully saturated rings. The average Bonchev–Trinajstić information content (AvgIpc) is 2.84. The van der Waals surface area contributed by atoms with E-state index >= 15 is 0 Å². The molecule has 0 saturated carbocycles. The largest absolute Gasteiger partial charge is 0.422 e. The fraction of sp³-hybridized carbons (Fsp3) is 0.308. The van der Waals surface area contributed by atoms with Gasteiger partial charge in [0.1, 0.15) is 11.1 Å². The molecule has 3 aromatic rings. The zero-order valence-electron chi connectivity index (χ0n) is 18.5. The van der Waals surface area contributed by atoms with Crippen molar-refractivity contribution in [3.8, 4) is 0 Å². The highest BCUT2D eigenvalue weighted by molar-refractivity contribution is 6.14. The number of morpholine rings is 1. The van der Waals surface area contributed by atoms with Gasteiger partial charge in [-0.1, -0.05) is 30.3 Å². The van der Waals surface area contributed by atoms with E-state index in [-0.39, 0.29) is 11.3 Å². The maximum Gasteiger partial charge on any atom is 0.349 e. The maximum atomic E-state index is 13.2. The van der Waals surface area contributed by atoms with Gasteiger partial charge in [0.05, 0.1) is 18.9 Å². The lowest BCUT2D eigenvalue weighted by Crippen LogP contribution is -2.36. The number of para-hydroxylation sites is 1. The van der Waals surface area contributed by atoms with E-state index in [1.807, 2.05) is 61.2 Å². The molecule has 0 N–H and O–H groups in total. The molecule has 1 aliphatic heterocycles. The molecule has 6 heteroatoms. The van der Waals surface area contributed by atoms with Gasteiger partial charge in [0.15, 0.2) is 5.78 Å². The summed E-state index contributed by atoms with van der Waals surface area (Å²) in [5, 5.41) is 0.766. The minimum Gasteiger partial charge on any atom is -0.422 e. The van der Waals surface area contributed by atoms with Gasteiger partial charge in [0, 0.05) is 37.3 Å². The zero-order chi connectivity index (χ0) is 22.5. The van der Waals surface area contributed by atoms with Crippen molar-refractivity contribution < 1.29 is 13.9 Å². The van der Waals surface area contributed by atoms with Gasteiger partial charge in [-0.15, -0.1) is 0 Å². The Kier molecular flexibility index (Phi) is 6.71. The number of anilines is 2. The van der Waals surface area contributed by atoms with Crippen LogP contribution in [0.3, 0.4) is 0 Å². The van der Waals surface area contributed by atoms with Gasteiger partial charge in [-0.3, -0.25) is 4.79 Å². The molecule has 0 radical (unpaired) electrons. The third-order valence-electron chi connectivity index (χ3n) is 5.81. The molecular weight excluding hydrogens is 404 g/mol. The van der Waals surface area contributed by atoms with Gasteiger partial charge in [-0.2, -0.15) is 0 Å². The molecule has 0 unspecified atom stereocenters. The van der Waals surface area contributed by atoms with Crippen LogP contribution in [0.1, 0.15) is 29.8 Å². The monoisotopic (exact) mass is 432 g/mol. The number of hydrogen-bond acceptors (Lipinski definition) is 6. The van der Waals surface area contributed by atoms with Crippen LogP contribution in [0.25, 0.3) is 17.0 Å². The molecule has 0 amide bonds. The Morgan fingerprint density at radius 3 is 2.41 bits per heavy atom. The highest BCUT2D eigenvalue weighted by atomic mass is 16.5. The molecule has 2 aromatic carbocycles. The van der Waals surface area contributed by atoms with Crippen LogP contribution in [0, 0.1) is 0 Å².